The number of likely N-dealkylation sites (N-methyl/N-ethyl adjacent to an activating group) is 1. The van der Waals surface area contributed by atoms with Crippen molar-refractivity contribution in [3.05, 3.63) is 70.9 Å². The summed E-state index contributed by atoms with van der Waals surface area (Å²) in [5.74, 6) is -0.166. The molecule has 0 unspecified atom stereocenters. The average Bonchev–Trinajstić information content (AvgIpc) is 3.06. The Bertz CT molecular complexity index is 993. The van der Waals surface area contributed by atoms with Crippen LogP contribution in [0.3, 0.4) is 0 Å². The minimum absolute atomic E-state index is 0.166. The molecule has 1 saturated heterocycles. The van der Waals surface area contributed by atoms with E-state index in [1.54, 1.807) is 0 Å². The van der Waals surface area contributed by atoms with Gasteiger partial charge in [0.15, 0.2) is 0 Å². The van der Waals surface area contributed by atoms with E-state index in [1.165, 1.54) is 0 Å². The number of benzene rings is 2. The minimum atomic E-state index is -0.166. The maximum absolute atomic E-state index is 12.3. The number of halogens is 1. The summed E-state index contributed by atoms with van der Waals surface area (Å²) in [6, 6.07) is 16.1. The van der Waals surface area contributed by atoms with Gasteiger partial charge in [0.2, 0.25) is 0 Å². The van der Waals surface area contributed by atoms with Crippen molar-refractivity contribution in [2.24, 2.45) is 0 Å². The monoisotopic (exact) mass is 411 g/mol. The van der Waals surface area contributed by atoms with E-state index in [9.17, 15) is 4.79 Å². The smallest absolute Gasteiger partial charge is 0.320 e. The van der Waals surface area contributed by atoms with E-state index in [4.69, 9.17) is 16.3 Å². The fourth-order valence-corrected chi connectivity index (χ4v) is 4.01. The second-order valence-electron chi connectivity index (χ2n) is 7.67. The van der Waals surface area contributed by atoms with Crippen LogP contribution in [0, 0.1) is 0 Å². The first-order chi connectivity index (χ1) is 14.1. The number of fused-ring (bicyclic) bond motifs is 1. The van der Waals surface area contributed by atoms with Gasteiger partial charge >= 0.3 is 5.97 Å². The molecule has 0 radical (unpaired) electrons. The second-order valence-corrected chi connectivity index (χ2v) is 8.11. The highest BCUT2D eigenvalue weighted by atomic mass is 35.5. The molecule has 1 aliphatic rings. The number of hydrogen-bond donors (Lipinski definition) is 0. The molecule has 6 heteroatoms. The van der Waals surface area contributed by atoms with Crippen molar-refractivity contribution in [2.45, 2.75) is 13.2 Å². The van der Waals surface area contributed by atoms with Crippen LogP contribution in [0.1, 0.15) is 11.1 Å². The van der Waals surface area contributed by atoms with Gasteiger partial charge in [-0.2, -0.15) is 0 Å². The molecule has 1 fully saturated rings. The predicted molar refractivity (Wildman–Crippen MR) is 116 cm³/mol. The zero-order valence-electron chi connectivity index (χ0n) is 16.7. The standard InChI is InChI=1S/C23H26ClN3O2/c1-25-9-11-26(12-10-25)16-23(28)29-17-19-15-27(22-8-3-2-7-21(19)22)14-18-5-4-6-20(24)13-18/h2-8,13,15H,9-12,14,16-17H2,1H3. The number of esters is 1. The van der Waals surface area contributed by atoms with Gasteiger partial charge in [-0.1, -0.05) is 41.9 Å². The fraction of sp³-hybridized carbons (Fsp3) is 0.348. The van der Waals surface area contributed by atoms with Crippen molar-refractivity contribution in [1.82, 2.24) is 14.4 Å². The van der Waals surface area contributed by atoms with Crippen LogP contribution < -0.4 is 0 Å². The van der Waals surface area contributed by atoms with Crippen LogP contribution in [-0.4, -0.2) is 60.1 Å². The van der Waals surface area contributed by atoms with Gasteiger partial charge in [0, 0.05) is 60.4 Å². The molecule has 0 spiro atoms. The van der Waals surface area contributed by atoms with Crippen molar-refractivity contribution < 1.29 is 9.53 Å². The molecular formula is C23H26ClN3O2. The Morgan fingerprint density at radius 2 is 1.86 bits per heavy atom. The Labute approximate surface area is 176 Å². The van der Waals surface area contributed by atoms with Gasteiger partial charge in [-0.3, -0.25) is 9.69 Å². The maximum atomic E-state index is 12.3. The number of para-hydroxylation sites is 1. The molecule has 0 atom stereocenters. The SMILES string of the molecule is CN1CCN(CC(=O)OCc2cn(Cc3cccc(Cl)c3)c3ccccc23)CC1. The van der Waals surface area contributed by atoms with E-state index in [0.717, 1.165) is 59.8 Å². The fourth-order valence-electron chi connectivity index (χ4n) is 3.79. The topological polar surface area (TPSA) is 37.7 Å². The van der Waals surface area contributed by atoms with Crippen molar-refractivity contribution in [2.75, 3.05) is 39.8 Å². The molecular weight excluding hydrogens is 386 g/mol. The van der Waals surface area contributed by atoms with Crippen molar-refractivity contribution in [3.63, 3.8) is 0 Å². The molecule has 0 aliphatic carbocycles. The number of nitrogens with zero attached hydrogens (tertiary/aromatic N) is 3. The van der Waals surface area contributed by atoms with Gasteiger partial charge in [-0.15, -0.1) is 0 Å². The minimum Gasteiger partial charge on any atom is -0.460 e. The lowest BCUT2D eigenvalue weighted by atomic mass is 10.2. The number of hydrogen-bond acceptors (Lipinski definition) is 4. The van der Waals surface area contributed by atoms with E-state index in [2.05, 4.69) is 45.8 Å². The number of piperazine rings is 1. The summed E-state index contributed by atoms with van der Waals surface area (Å²) in [6.07, 6.45) is 2.08. The molecule has 3 aromatic rings. The highest BCUT2D eigenvalue weighted by Crippen LogP contribution is 2.24. The number of carbonyl (C=O) groups excluding carboxylic acids is 1. The van der Waals surface area contributed by atoms with Crippen molar-refractivity contribution in [3.8, 4) is 0 Å². The lowest BCUT2D eigenvalue weighted by Crippen LogP contribution is -2.46. The van der Waals surface area contributed by atoms with E-state index in [-0.39, 0.29) is 12.6 Å². The average molecular weight is 412 g/mol. The van der Waals surface area contributed by atoms with Crippen LogP contribution in [0.4, 0.5) is 0 Å². The zero-order valence-corrected chi connectivity index (χ0v) is 17.4. The number of carbonyl (C=O) groups is 1. The number of aromatic nitrogens is 1. The molecule has 0 N–H and O–H groups in total. The number of ether oxygens (including phenoxy) is 1. The first-order valence-corrected chi connectivity index (χ1v) is 10.3. The van der Waals surface area contributed by atoms with Crippen molar-refractivity contribution in [1.29, 1.82) is 0 Å². The predicted octanol–water partition coefficient (Wildman–Crippen LogP) is 3.63. The quantitative estimate of drug-likeness (QED) is 0.580. The number of rotatable bonds is 6. The summed E-state index contributed by atoms with van der Waals surface area (Å²) in [5.41, 5.74) is 3.28. The first-order valence-electron chi connectivity index (χ1n) is 9.96. The van der Waals surface area contributed by atoms with Gasteiger partial charge in [-0.05, 0) is 30.8 Å². The van der Waals surface area contributed by atoms with Gasteiger partial charge in [0.05, 0.1) is 6.54 Å². The van der Waals surface area contributed by atoms with Crippen LogP contribution in [0.5, 0.6) is 0 Å². The van der Waals surface area contributed by atoms with Crippen LogP contribution >= 0.6 is 11.6 Å². The summed E-state index contributed by atoms with van der Waals surface area (Å²) >= 11 is 6.13. The lowest BCUT2D eigenvalue weighted by molar-refractivity contribution is -0.146. The van der Waals surface area contributed by atoms with E-state index >= 15 is 0 Å². The molecule has 4 rings (SSSR count). The maximum Gasteiger partial charge on any atom is 0.320 e. The van der Waals surface area contributed by atoms with Crippen LogP contribution in [0.2, 0.25) is 5.02 Å². The molecule has 0 bridgehead atoms. The van der Waals surface area contributed by atoms with E-state index in [1.807, 2.05) is 30.3 Å². The first kappa shape index (κ1) is 20.0. The second kappa shape index (κ2) is 8.99. The highest BCUT2D eigenvalue weighted by molar-refractivity contribution is 6.30. The van der Waals surface area contributed by atoms with Crippen LogP contribution in [0.15, 0.2) is 54.7 Å². The van der Waals surface area contributed by atoms with Crippen LogP contribution in [-0.2, 0) is 22.7 Å². The molecule has 152 valence electrons. The van der Waals surface area contributed by atoms with E-state index < -0.39 is 0 Å². The normalized spacial score (nSPS) is 15.7. The zero-order chi connectivity index (χ0) is 20.2. The Balaban J connectivity index is 1.44. The molecule has 0 amide bonds. The summed E-state index contributed by atoms with van der Waals surface area (Å²) in [4.78, 5) is 16.8. The summed E-state index contributed by atoms with van der Waals surface area (Å²) in [7, 11) is 2.11. The Morgan fingerprint density at radius 3 is 2.66 bits per heavy atom. The van der Waals surface area contributed by atoms with Gasteiger partial charge < -0.3 is 14.2 Å². The molecule has 5 nitrogen and oxygen atoms in total. The molecule has 1 aromatic heterocycles. The highest BCUT2D eigenvalue weighted by Gasteiger charge is 2.18. The Kier molecular flexibility index (Phi) is 6.19. The van der Waals surface area contributed by atoms with Gasteiger partial charge in [-0.25, -0.2) is 0 Å². The molecule has 29 heavy (non-hydrogen) atoms. The van der Waals surface area contributed by atoms with Gasteiger partial charge in [0.1, 0.15) is 6.61 Å². The Morgan fingerprint density at radius 1 is 1.07 bits per heavy atom. The lowest BCUT2D eigenvalue weighted by Gasteiger charge is -2.31. The third-order valence-corrected chi connectivity index (χ3v) is 5.69. The van der Waals surface area contributed by atoms with Crippen LogP contribution in [0.25, 0.3) is 10.9 Å². The molecule has 2 heterocycles. The van der Waals surface area contributed by atoms with Crippen molar-refractivity contribution >= 4 is 28.5 Å². The summed E-state index contributed by atoms with van der Waals surface area (Å²) in [6.45, 7) is 5.16. The summed E-state index contributed by atoms with van der Waals surface area (Å²) < 4.78 is 7.80. The summed E-state index contributed by atoms with van der Waals surface area (Å²) in [5, 5.41) is 1.85. The largest absolute Gasteiger partial charge is 0.460 e. The van der Waals surface area contributed by atoms with Gasteiger partial charge in [0.25, 0.3) is 0 Å². The third-order valence-electron chi connectivity index (χ3n) is 5.45. The molecule has 2 aromatic carbocycles. The Hall–Kier alpha value is -2.34. The third kappa shape index (κ3) is 4.99. The molecule has 1 aliphatic heterocycles. The molecule has 0 saturated carbocycles. The van der Waals surface area contributed by atoms with E-state index in [0.29, 0.717) is 6.54 Å².